The molecule has 3 aromatic carbocycles. The molecule has 0 aliphatic heterocycles. The Bertz CT molecular complexity index is 1170. The summed E-state index contributed by atoms with van der Waals surface area (Å²) in [6.07, 6.45) is 0.394. The van der Waals surface area contributed by atoms with E-state index in [1.54, 1.807) is 36.4 Å². The second-order valence-electron chi connectivity index (χ2n) is 7.18. The van der Waals surface area contributed by atoms with Gasteiger partial charge in [-0.2, -0.15) is 8.78 Å². The first-order chi connectivity index (χ1) is 16.9. The zero-order valence-corrected chi connectivity index (χ0v) is 18.7. The Morgan fingerprint density at radius 2 is 1.69 bits per heavy atom. The van der Waals surface area contributed by atoms with Gasteiger partial charge >= 0.3 is 6.61 Å². The number of carbonyl (C=O) groups is 2. The Morgan fingerprint density at radius 1 is 0.943 bits per heavy atom. The first-order valence-electron chi connectivity index (χ1n) is 10.5. The maximum atomic E-state index is 13.7. The molecule has 10 heteroatoms. The number of amides is 2. The van der Waals surface area contributed by atoms with Crippen molar-refractivity contribution < 1.29 is 37.0 Å². The largest absolute Gasteiger partial charge is 0.493 e. The molecule has 0 aromatic heterocycles. The summed E-state index contributed by atoms with van der Waals surface area (Å²) >= 11 is 0. The number of ether oxygens (including phenoxy) is 3. The van der Waals surface area contributed by atoms with E-state index in [0.717, 1.165) is 5.56 Å². The molecule has 3 aromatic rings. The lowest BCUT2D eigenvalue weighted by molar-refractivity contribution is -0.118. The average molecular weight is 488 g/mol. The van der Waals surface area contributed by atoms with Crippen LogP contribution in [0.1, 0.15) is 15.9 Å². The normalized spacial score (nSPS) is 10.5. The van der Waals surface area contributed by atoms with Crippen LogP contribution >= 0.6 is 0 Å². The predicted octanol–water partition coefficient (Wildman–Crippen LogP) is 4.43. The first-order valence-corrected chi connectivity index (χ1v) is 10.5. The van der Waals surface area contributed by atoms with Gasteiger partial charge in [-0.1, -0.05) is 30.3 Å². The van der Waals surface area contributed by atoms with Crippen molar-refractivity contribution in [3.05, 3.63) is 83.7 Å². The summed E-state index contributed by atoms with van der Waals surface area (Å²) in [7, 11) is 1.34. The highest BCUT2D eigenvalue weighted by atomic mass is 19.3. The summed E-state index contributed by atoms with van der Waals surface area (Å²) in [6, 6.07) is 16.6. The Morgan fingerprint density at radius 3 is 2.43 bits per heavy atom. The summed E-state index contributed by atoms with van der Waals surface area (Å²) in [5.74, 6) is -1.33. The second kappa shape index (κ2) is 12.3. The molecule has 0 heterocycles. The molecule has 2 amide bonds. The summed E-state index contributed by atoms with van der Waals surface area (Å²) in [6.45, 7) is -3.16. The number of methoxy groups -OCH3 is 1. The van der Waals surface area contributed by atoms with Crippen LogP contribution in [0.2, 0.25) is 0 Å². The molecule has 35 heavy (non-hydrogen) atoms. The van der Waals surface area contributed by atoms with Gasteiger partial charge in [-0.3, -0.25) is 9.59 Å². The highest BCUT2D eigenvalue weighted by Crippen LogP contribution is 2.29. The SMILES string of the molecule is COc1cc(CCNC(=O)c2ccccc2OCC(=O)Nc2ccccc2F)ccc1OC(F)F. The lowest BCUT2D eigenvalue weighted by Gasteiger charge is -2.13. The fourth-order valence-corrected chi connectivity index (χ4v) is 3.15. The third-order valence-electron chi connectivity index (χ3n) is 4.78. The molecule has 0 unspecified atom stereocenters. The van der Waals surface area contributed by atoms with Crippen LogP contribution in [0.15, 0.2) is 66.7 Å². The van der Waals surface area contributed by atoms with Gasteiger partial charge < -0.3 is 24.8 Å². The number of nitrogens with one attached hydrogen (secondary N) is 2. The second-order valence-corrected chi connectivity index (χ2v) is 7.18. The van der Waals surface area contributed by atoms with E-state index in [2.05, 4.69) is 15.4 Å². The lowest BCUT2D eigenvalue weighted by atomic mass is 10.1. The van der Waals surface area contributed by atoms with E-state index in [-0.39, 0.29) is 35.0 Å². The summed E-state index contributed by atoms with van der Waals surface area (Å²) in [5, 5.41) is 5.15. The van der Waals surface area contributed by atoms with Gasteiger partial charge in [-0.25, -0.2) is 4.39 Å². The molecule has 0 aliphatic rings. The van der Waals surface area contributed by atoms with E-state index >= 15 is 0 Å². The van der Waals surface area contributed by atoms with Gasteiger partial charge in [0.25, 0.3) is 11.8 Å². The number of hydrogen-bond donors (Lipinski definition) is 2. The number of carbonyl (C=O) groups excluding carboxylic acids is 2. The number of halogens is 3. The molecule has 0 spiro atoms. The van der Waals surface area contributed by atoms with Crippen LogP contribution < -0.4 is 24.8 Å². The fourth-order valence-electron chi connectivity index (χ4n) is 3.15. The van der Waals surface area contributed by atoms with Crippen LogP contribution in [0, 0.1) is 5.82 Å². The number of anilines is 1. The molecule has 2 N–H and O–H groups in total. The topological polar surface area (TPSA) is 85.9 Å². The number of rotatable bonds is 11. The molecular weight excluding hydrogens is 465 g/mol. The van der Waals surface area contributed by atoms with Gasteiger partial charge in [0.2, 0.25) is 0 Å². The first kappa shape index (κ1) is 25.4. The van der Waals surface area contributed by atoms with Crippen molar-refractivity contribution in [2.24, 2.45) is 0 Å². The van der Waals surface area contributed by atoms with E-state index in [0.29, 0.717) is 6.42 Å². The predicted molar refractivity (Wildman–Crippen MR) is 123 cm³/mol. The molecular formula is C25H23F3N2O5. The van der Waals surface area contributed by atoms with Gasteiger partial charge in [-0.05, 0) is 48.4 Å². The minimum Gasteiger partial charge on any atom is -0.493 e. The highest BCUT2D eigenvalue weighted by molar-refractivity contribution is 5.97. The third kappa shape index (κ3) is 7.39. The van der Waals surface area contributed by atoms with E-state index < -0.39 is 30.8 Å². The minimum absolute atomic E-state index is 0.0255. The van der Waals surface area contributed by atoms with E-state index in [4.69, 9.17) is 9.47 Å². The molecule has 0 saturated carbocycles. The number of benzene rings is 3. The Hall–Kier alpha value is -4.21. The van der Waals surface area contributed by atoms with Crippen LogP contribution in [-0.4, -0.2) is 38.7 Å². The molecule has 0 aliphatic carbocycles. The zero-order valence-electron chi connectivity index (χ0n) is 18.7. The van der Waals surface area contributed by atoms with Crippen molar-refractivity contribution in [1.29, 1.82) is 0 Å². The van der Waals surface area contributed by atoms with E-state index in [1.165, 1.54) is 37.4 Å². The quantitative estimate of drug-likeness (QED) is 0.417. The average Bonchev–Trinajstić information content (AvgIpc) is 2.84. The van der Waals surface area contributed by atoms with Crippen LogP contribution in [0.5, 0.6) is 17.2 Å². The monoisotopic (exact) mass is 488 g/mol. The molecule has 0 fully saturated rings. The molecule has 7 nitrogen and oxygen atoms in total. The Labute approximate surface area is 199 Å². The molecule has 3 rings (SSSR count). The van der Waals surface area contributed by atoms with Crippen molar-refractivity contribution in [2.75, 3.05) is 25.6 Å². The van der Waals surface area contributed by atoms with Crippen molar-refractivity contribution in [3.8, 4) is 17.2 Å². The molecule has 0 bridgehead atoms. The third-order valence-corrected chi connectivity index (χ3v) is 4.78. The fraction of sp³-hybridized carbons (Fsp3) is 0.200. The van der Waals surface area contributed by atoms with Crippen LogP contribution in [0.3, 0.4) is 0 Å². The maximum absolute atomic E-state index is 13.7. The molecule has 0 saturated heterocycles. The molecule has 184 valence electrons. The van der Waals surface area contributed by atoms with Crippen molar-refractivity contribution in [3.63, 3.8) is 0 Å². The van der Waals surface area contributed by atoms with Gasteiger partial charge in [0.05, 0.1) is 18.4 Å². The summed E-state index contributed by atoms with van der Waals surface area (Å²) in [5.41, 5.74) is 0.972. The molecule has 0 radical (unpaired) electrons. The van der Waals surface area contributed by atoms with Gasteiger partial charge in [0.1, 0.15) is 11.6 Å². The standard InChI is InChI=1S/C25H23F3N2O5/c1-33-22-14-16(10-11-21(22)35-25(27)28)12-13-29-24(32)17-6-2-5-9-20(17)34-15-23(31)30-19-8-4-3-7-18(19)26/h2-11,14,25H,12-13,15H2,1H3,(H,29,32)(H,30,31). The van der Waals surface area contributed by atoms with Crippen molar-refractivity contribution >= 4 is 17.5 Å². The number of hydrogen-bond acceptors (Lipinski definition) is 5. The number of alkyl halides is 2. The lowest BCUT2D eigenvalue weighted by Crippen LogP contribution is -2.27. The maximum Gasteiger partial charge on any atom is 0.387 e. The van der Waals surface area contributed by atoms with Crippen LogP contribution in [0.4, 0.5) is 18.9 Å². The number of para-hydroxylation sites is 2. The van der Waals surface area contributed by atoms with Crippen molar-refractivity contribution in [1.82, 2.24) is 5.32 Å². The smallest absolute Gasteiger partial charge is 0.387 e. The Kier molecular flexibility index (Phi) is 8.94. The highest BCUT2D eigenvalue weighted by Gasteiger charge is 2.15. The van der Waals surface area contributed by atoms with Crippen LogP contribution in [0.25, 0.3) is 0 Å². The van der Waals surface area contributed by atoms with Gasteiger partial charge in [0.15, 0.2) is 18.1 Å². The Balaban J connectivity index is 1.55. The zero-order chi connectivity index (χ0) is 25.2. The van der Waals surface area contributed by atoms with Gasteiger partial charge in [0, 0.05) is 6.54 Å². The van der Waals surface area contributed by atoms with Gasteiger partial charge in [-0.15, -0.1) is 0 Å². The van der Waals surface area contributed by atoms with Crippen LogP contribution in [-0.2, 0) is 11.2 Å². The minimum atomic E-state index is -2.97. The van der Waals surface area contributed by atoms with E-state index in [9.17, 15) is 22.8 Å². The van der Waals surface area contributed by atoms with E-state index in [1.807, 2.05) is 0 Å². The summed E-state index contributed by atoms with van der Waals surface area (Å²) < 4.78 is 53.6. The van der Waals surface area contributed by atoms with Crippen molar-refractivity contribution in [2.45, 2.75) is 13.0 Å². The summed E-state index contributed by atoms with van der Waals surface area (Å²) in [4.78, 5) is 24.8. The molecule has 0 atom stereocenters.